The second-order valence-corrected chi connectivity index (χ2v) is 5.58. The van der Waals surface area contributed by atoms with Gasteiger partial charge in [0, 0.05) is 17.9 Å². The Balaban J connectivity index is 1.72. The number of benzene rings is 1. The molecule has 0 aliphatic heterocycles. The van der Waals surface area contributed by atoms with E-state index in [9.17, 15) is 4.39 Å². The predicted molar refractivity (Wildman–Crippen MR) is 69.2 cm³/mol. The molecular formula is C15H20FNO. The highest BCUT2D eigenvalue weighted by Crippen LogP contribution is 2.54. The highest BCUT2D eigenvalue weighted by atomic mass is 19.1. The Labute approximate surface area is 108 Å². The summed E-state index contributed by atoms with van der Waals surface area (Å²) in [7, 11) is 2.04. The predicted octanol–water partition coefficient (Wildman–Crippen LogP) is 3.13. The largest absolute Gasteiger partial charge is 0.490 e. The topological polar surface area (TPSA) is 21.3 Å². The Morgan fingerprint density at radius 3 is 2.50 bits per heavy atom. The fourth-order valence-corrected chi connectivity index (χ4v) is 3.70. The molecule has 0 heterocycles. The van der Waals surface area contributed by atoms with Crippen LogP contribution in [-0.2, 0) is 0 Å². The summed E-state index contributed by atoms with van der Waals surface area (Å²) in [6.45, 7) is 0. The van der Waals surface area contributed by atoms with Crippen LogP contribution in [0.15, 0.2) is 24.3 Å². The molecule has 2 saturated carbocycles. The van der Waals surface area contributed by atoms with E-state index in [2.05, 4.69) is 5.32 Å². The van der Waals surface area contributed by atoms with Crippen molar-refractivity contribution in [3.05, 3.63) is 30.1 Å². The van der Waals surface area contributed by atoms with Gasteiger partial charge in [-0.25, -0.2) is 4.39 Å². The van der Waals surface area contributed by atoms with Gasteiger partial charge in [-0.2, -0.15) is 0 Å². The minimum atomic E-state index is -0.209. The summed E-state index contributed by atoms with van der Waals surface area (Å²) < 4.78 is 18.9. The first-order valence-corrected chi connectivity index (χ1v) is 6.84. The Bertz CT molecular complexity index is 411. The van der Waals surface area contributed by atoms with Gasteiger partial charge in [-0.3, -0.25) is 0 Å². The number of rotatable bonds is 3. The minimum absolute atomic E-state index is 0.209. The summed E-state index contributed by atoms with van der Waals surface area (Å²) >= 11 is 0. The first kappa shape index (κ1) is 12.0. The summed E-state index contributed by atoms with van der Waals surface area (Å²) in [6.07, 6.45) is 6.48. The summed E-state index contributed by atoms with van der Waals surface area (Å²) in [4.78, 5) is 0. The highest BCUT2D eigenvalue weighted by Gasteiger charge is 2.56. The summed E-state index contributed by atoms with van der Waals surface area (Å²) in [5.41, 5.74) is 0.323. The van der Waals surface area contributed by atoms with Crippen LogP contribution in [0.1, 0.15) is 32.1 Å². The zero-order valence-corrected chi connectivity index (χ0v) is 10.8. The highest BCUT2D eigenvalue weighted by molar-refractivity contribution is 5.24. The Kier molecular flexibility index (Phi) is 3.02. The molecule has 3 heteroatoms. The van der Waals surface area contributed by atoms with Crippen molar-refractivity contribution in [3.8, 4) is 5.75 Å². The molecule has 0 bridgehead atoms. The molecule has 2 aliphatic carbocycles. The van der Waals surface area contributed by atoms with Crippen molar-refractivity contribution in [1.82, 2.24) is 5.32 Å². The fourth-order valence-electron chi connectivity index (χ4n) is 3.70. The van der Waals surface area contributed by atoms with Crippen LogP contribution in [-0.4, -0.2) is 19.2 Å². The zero-order valence-electron chi connectivity index (χ0n) is 10.8. The second-order valence-electron chi connectivity index (χ2n) is 5.58. The number of hydrogen-bond donors (Lipinski definition) is 1. The number of nitrogens with one attached hydrogen (secondary N) is 1. The first-order valence-electron chi connectivity index (χ1n) is 6.84. The molecule has 2 fully saturated rings. The average Bonchev–Trinajstić information content (AvgIpc) is 2.88. The summed E-state index contributed by atoms with van der Waals surface area (Å²) in [6, 6.07) is 6.97. The van der Waals surface area contributed by atoms with Gasteiger partial charge in [-0.15, -0.1) is 0 Å². The molecule has 0 radical (unpaired) electrons. The van der Waals surface area contributed by atoms with Crippen molar-refractivity contribution in [3.63, 3.8) is 0 Å². The van der Waals surface area contributed by atoms with E-state index in [0.717, 1.165) is 12.2 Å². The number of hydrogen-bond acceptors (Lipinski definition) is 2. The maximum absolute atomic E-state index is 12.9. The standard InChI is InChI=1S/C15H20FNO/c1-17-13-10-14(15(13)8-2-3-9-15)18-12-6-4-11(16)5-7-12/h4-7,13-14,17H,2-3,8-10H2,1H3. The van der Waals surface area contributed by atoms with E-state index >= 15 is 0 Å². The lowest BCUT2D eigenvalue weighted by molar-refractivity contribution is -0.0736. The molecule has 2 unspecified atom stereocenters. The van der Waals surface area contributed by atoms with E-state index in [0.29, 0.717) is 17.6 Å². The van der Waals surface area contributed by atoms with Gasteiger partial charge in [0.2, 0.25) is 0 Å². The molecule has 18 heavy (non-hydrogen) atoms. The van der Waals surface area contributed by atoms with Crippen LogP contribution in [0.2, 0.25) is 0 Å². The zero-order chi connectivity index (χ0) is 12.6. The lowest BCUT2D eigenvalue weighted by Crippen LogP contribution is -2.63. The van der Waals surface area contributed by atoms with E-state index in [1.807, 2.05) is 7.05 Å². The Hall–Kier alpha value is -1.09. The van der Waals surface area contributed by atoms with Crippen LogP contribution in [0.4, 0.5) is 4.39 Å². The van der Waals surface area contributed by atoms with Gasteiger partial charge in [-0.05, 0) is 44.2 Å². The van der Waals surface area contributed by atoms with Gasteiger partial charge in [0.05, 0.1) is 0 Å². The number of halogens is 1. The summed E-state index contributed by atoms with van der Waals surface area (Å²) in [5.74, 6) is 0.585. The van der Waals surface area contributed by atoms with Gasteiger partial charge >= 0.3 is 0 Å². The van der Waals surface area contributed by atoms with Gasteiger partial charge in [-0.1, -0.05) is 12.8 Å². The lowest BCUT2D eigenvalue weighted by atomic mass is 9.60. The second kappa shape index (κ2) is 4.54. The molecule has 1 aromatic carbocycles. The third-order valence-electron chi connectivity index (χ3n) is 4.76. The monoisotopic (exact) mass is 249 g/mol. The Morgan fingerprint density at radius 2 is 1.89 bits per heavy atom. The molecule has 1 spiro atoms. The molecule has 1 aromatic rings. The smallest absolute Gasteiger partial charge is 0.123 e. The van der Waals surface area contributed by atoms with Gasteiger partial charge in [0.15, 0.2) is 0 Å². The van der Waals surface area contributed by atoms with E-state index in [1.54, 1.807) is 12.1 Å². The van der Waals surface area contributed by atoms with Crippen molar-refractivity contribution >= 4 is 0 Å². The molecule has 1 N–H and O–H groups in total. The van der Waals surface area contributed by atoms with E-state index in [-0.39, 0.29) is 5.82 Å². The van der Waals surface area contributed by atoms with E-state index in [1.165, 1.54) is 37.8 Å². The molecule has 2 nitrogen and oxygen atoms in total. The van der Waals surface area contributed by atoms with Crippen molar-refractivity contribution < 1.29 is 9.13 Å². The van der Waals surface area contributed by atoms with Gasteiger partial charge < -0.3 is 10.1 Å². The van der Waals surface area contributed by atoms with Crippen LogP contribution < -0.4 is 10.1 Å². The molecule has 2 aliphatic rings. The first-order chi connectivity index (χ1) is 8.74. The Morgan fingerprint density at radius 1 is 1.22 bits per heavy atom. The molecular weight excluding hydrogens is 229 g/mol. The molecule has 0 saturated heterocycles. The SMILES string of the molecule is CNC1CC(Oc2ccc(F)cc2)C12CCCC2. The van der Waals surface area contributed by atoms with Crippen molar-refractivity contribution in [2.75, 3.05) is 7.05 Å². The van der Waals surface area contributed by atoms with Crippen LogP contribution in [0.5, 0.6) is 5.75 Å². The van der Waals surface area contributed by atoms with Crippen LogP contribution in [0.3, 0.4) is 0 Å². The van der Waals surface area contributed by atoms with Crippen molar-refractivity contribution in [2.24, 2.45) is 5.41 Å². The maximum Gasteiger partial charge on any atom is 0.123 e. The fraction of sp³-hybridized carbons (Fsp3) is 0.600. The van der Waals surface area contributed by atoms with Crippen LogP contribution in [0, 0.1) is 11.2 Å². The third kappa shape index (κ3) is 1.81. The maximum atomic E-state index is 12.9. The minimum Gasteiger partial charge on any atom is -0.490 e. The van der Waals surface area contributed by atoms with Crippen molar-refractivity contribution in [1.29, 1.82) is 0 Å². The van der Waals surface area contributed by atoms with E-state index < -0.39 is 0 Å². The van der Waals surface area contributed by atoms with Gasteiger partial charge in [0.1, 0.15) is 17.7 Å². The quantitative estimate of drug-likeness (QED) is 0.888. The molecule has 3 rings (SSSR count). The third-order valence-corrected chi connectivity index (χ3v) is 4.76. The average molecular weight is 249 g/mol. The molecule has 0 amide bonds. The normalized spacial score (nSPS) is 29.2. The van der Waals surface area contributed by atoms with Gasteiger partial charge in [0.25, 0.3) is 0 Å². The number of ether oxygens (including phenoxy) is 1. The molecule has 2 atom stereocenters. The molecule has 98 valence electrons. The molecule has 0 aromatic heterocycles. The lowest BCUT2D eigenvalue weighted by Gasteiger charge is -2.53. The van der Waals surface area contributed by atoms with Crippen LogP contribution >= 0.6 is 0 Å². The van der Waals surface area contributed by atoms with Crippen LogP contribution in [0.25, 0.3) is 0 Å². The summed E-state index contributed by atoms with van der Waals surface area (Å²) in [5, 5.41) is 3.42. The van der Waals surface area contributed by atoms with Crippen molar-refractivity contribution in [2.45, 2.75) is 44.2 Å². The van der Waals surface area contributed by atoms with E-state index in [4.69, 9.17) is 4.74 Å².